The minimum atomic E-state index is -0.906. The van der Waals surface area contributed by atoms with Crippen LogP contribution in [-0.4, -0.2) is 20.6 Å². The molecule has 0 atom stereocenters. The summed E-state index contributed by atoms with van der Waals surface area (Å²) in [5, 5.41) is 9.02. The molecule has 102 valence electrons. The number of carbonyl (C=O) groups is 1. The van der Waals surface area contributed by atoms with Crippen molar-refractivity contribution in [2.24, 2.45) is 5.92 Å². The molecule has 0 saturated carbocycles. The number of benzene rings is 1. The number of hydrogen-bond donors (Lipinski definition) is 1. The van der Waals surface area contributed by atoms with Gasteiger partial charge in [0.15, 0.2) is 0 Å². The predicted molar refractivity (Wildman–Crippen MR) is 75.5 cm³/mol. The number of aryl methyl sites for hydroxylation is 2. The monoisotopic (exact) mass is 260 g/mol. The van der Waals surface area contributed by atoms with E-state index >= 15 is 0 Å². The molecule has 0 aliphatic rings. The van der Waals surface area contributed by atoms with Gasteiger partial charge in [0.05, 0.1) is 16.6 Å². The van der Waals surface area contributed by atoms with Gasteiger partial charge in [-0.2, -0.15) is 0 Å². The molecule has 1 heterocycles. The summed E-state index contributed by atoms with van der Waals surface area (Å²) in [6, 6.07) is 5.17. The Kier molecular flexibility index (Phi) is 3.88. The number of aromatic nitrogens is 2. The molecule has 0 amide bonds. The molecule has 0 radical (unpaired) electrons. The standard InChI is InChI=1S/C15H20N2O2/c1-4-14-16-12-9-11(15(18)19)5-6-13(12)17(14)8-7-10(2)3/h5-6,9-10H,4,7-8H2,1-3H3,(H,18,19). The summed E-state index contributed by atoms with van der Waals surface area (Å²) in [5.74, 6) is 0.760. The number of fused-ring (bicyclic) bond motifs is 1. The van der Waals surface area contributed by atoms with Gasteiger partial charge in [-0.15, -0.1) is 0 Å². The molecular formula is C15H20N2O2. The summed E-state index contributed by atoms with van der Waals surface area (Å²) >= 11 is 0. The van der Waals surface area contributed by atoms with Crippen molar-refractivity contribution in [3.05, 3.63) is 29.6 Å². The van der Waals surface area contributed by atoms with Crippen molar-refractivity contribution in [1.82, 2.24) is 9.55 Å². The van der Waals surface area contributed by atoms with Gasteiger partial charge >= 0.3 is 5.97 Å². The zero-order valence-corrected chi connectivity index (χ0v) is 11.7. The molecule has 0 spiro atoms. The lowest BCUT2D eigenvalue weighted by Gasteiger charge is -2.10. The zero-order valence-electron chi connectivity index (χ0n) is 11.7. The van der Waals surface area contributed by atoms with Gasteiger partial charge in [-0.3, -0.25) is 0 Å². The smallest absolute Gasteiger partial charge is 0.335 e. The molecule has 0 fully saturated rings. The van der Waals surface area contributed by atoms with E-state index < -0.39 is 5.97 Å². The van der Waals surface area contributed by atoms with Crippen LogP contribution < -0.4 is 0 Å². The van der Waals surface area contributed by atoms with E-state index in [0.717, 1.165) is 36.2 Å². The zero-order chi connectivity index (χ0) is 14.0. The summed E-state index contributed by atoms with van der Waals surface area (Å²) in [6.45, 7) is 7.41. The molecule has 2 rings (SSSR count). The van der Waals surface area contributed by atoms with Crippen LogP contribution in [0.4, 0.5) is 0 Å². The third kappa shape index (κ3) is 2.78. The Morgan fingerprint density at radius 3 is 2.74 bits per heavy atom. The highest BCUT2D eigenvalue weighted by molar-refractivity contribution is 5.92. The van der Waals surface area contributed by atoms with Gasteiger partial charge < -0.3 is 9.67 Å². The van der Waals surface area contributed by atoms with Crippen LogP contribution in [0.5, 0.6) is 0 Å². The largest absolute Gasteiger partial charge is 0.478 e. The van der Waals surface area contributed by atoms with Crippen LogP contribution in [0.2, 0.25) is 0 Å². The second-order valence-corrected chi connectivity index (χ2v) is 5.22. The Labute approximate surface area is 113 Å². The highest BCUT2D eigenvalue weighted by Gasteiger charge is 2.12. The van der Waals surface area contributed by atoms with Gasteiger partial charge in [0, 0.05) is 13.0 Å². The van der Waals surface area contributed by atoms with E-state index in [9.17, 15) is 4.79 Å². The van der Waals surface area contributed by atoms with Crippen molar-refractivity contribution in [2.75, 3.05) is 0 Å². The number of nitrogens with zero attached hydrogens (tertiary/aromatic N) is 2. The van der Waals surface area contributed by atoms with Gasteiger partial charge in [-0.05, 0) is 30.5 Å². The number of rotatable bonds is 5. The highest BCUT2D eigenvalue weighted by Crippen LogP contribution is 2.20. The lowest BCUT2D eigenvalue weighted by molar-refractivity contribution is 0.0697. The van der Waals surface area contributed by atoms with E-state index in [1.807, 2.05) is 6.07 Å². The Morgan fingerprint density at radius 2 is 2.16 bits per heavy atom. The van der Waals surface area contributed by atoms with Gasteiger partial charge in [0.1, 0.15) is 5.82 Å². The van der Waals surface area contributed by atoms with Crippen LogP contribution in [0.15, 0.2) is 18.2 Å². The molecule has 0 aliphatic carbocycles. The van der Waals surface area contributed by atoms with Crippen molar-refractivity contribution in [1.29, 1.82) is 0 Å². The molecule has 4 heteroatoms. The lowest BCUT2D eigenvalue weighted by Crippen LogP contribution is -2.05. The molecule has 0 unspecified atom stereocenters. The van der Waals surface area contributed by atoms with Crippen LogP contribution in [0.1, 0.15) is 43.4 Å². The Hall–Kier alpha value is -1.84. The summed E-state index contributed by atoms with van der Waals surface area (Å²) in [4.78, 5) is 15.5. The maximum atomic E-state index is 11.0. The Bertz CT molecular complexity index is 599. The molecule has 1 aromatic carbocycles. The third-order valence-corrected chi connectivity index (χ3v) is 3.32. The van der Waals surface area contributed by atoms with E-state index in [4.69, 9.17) is 5.11 Å². The average Bonchev–Trinajstić information content (AvgIpc) is 2.72. The van der Waals surface area contributed by atoms with E-state index in [0.29, 0.717) is 11.5 Å². The molecule has 1 aromatic heterocycles. The van der Waals surface area contributed by atoms with Crippen LogP contribution in [0.25, 0.3) is 11.0 Å². The SMILES string of the molecule is CCc1nc2cc(C(=O)O)ccc2n1CCC(C)C. The number of hydrogen-bond acceptors (Lipinski definition) is 2. The third-order valence-electron chi connectivity index (χ3n) is 3.32. The molecule has 1 N–H and O–H groups in total. The summed E-state index contributed by atoms with van der Waals surface area (Å²) in [5.41, 5.74) is 2.10. The molecule has 19 heavy (non-hydrogen) atoms. The first-order valence-electron chi connectivity index (χ1n) is 6.75. The first kappa shape index (κ1) is 13.6. The van der Waals surface area contributed by atoms with Crippen molar-refractivity contribution >= 4 is 17.0 Å². The molecule has 4 nitrogen and oxygen atoms in total. The second kappa shape index (κ2) is 5.43. The van der Waals surface area contributed by atoms with Crippen molar-refractivity contribution < 1.29 is 9.90 Å². The summed E-state index contributed by atoms with van der Waals surface area (Å²) < 4.78 is 2.21. The molecule has 0 bridgehead atoms. The summed E-state index contributed by atoms with van der Waals surface area (Å²) in [6.07, 6.45) is 1.95. The lowest BCUT2D eigenvalue weighted by atomic mass is 10.1. The fourth-order valence-electron chi connectivity index (χ4n) is 2.22. The van der Waals surface area contributed by atoms with Crippen molar-refractivity contribution in [3.8, 4) is 0 Å². The topological polar surface area (TPSA) is 55.1 Å². The van der Waals surface area contributed by atoms with E-state index in [2.05, 4.69) is 30.3 Å². The van der Waals surface area contributed by atoms with Crippen molar-refractivity contribution in [2.45, 2.75) is 40.2 Å². The van der Waals surface area contributed by atoms with Crippen LogP contribution in [0.3, 0.4) is 0 Å². The Balaban J connectivity index is 2.46. The fourth-order valence-corrected chi connectivity index (χ4v) is 2.22. The van der Waals surface area contributed by atoms with E-state index in [1.165, 1.54) is 0 Å². The fraction of sp³-hybridized carbons (Fsp3) is 0.467. The van der Waals surface area contributed by atoms with Gasteiger partial charge in [-0.25, -0.2) is 9.78 Å². The van der Waals surface area contributed by atoms with Gasteiger partial charge in [0.25, 0.3) is 0 Å². The van der Waals surface area contributed by atoms with Crippen molar-refractivity contribution in [3.63, 3.8) is 0 Å². The first-order chi connectivity index (χ1) is 9.02. The number of imidazole rings is 1. The predicted octanol–water partition coefficient (Wildman–Crippen LogP) is 3.34. The summed E-state index contributed by atoms with van der Waals surface area (Å²) in [7, 11) is 0. The number of aromatic carboxylic acids is 1. The first-order valence-corrected chi connectivity index (χ1v) is 6.75. The molecule has 0 aliphatic heterocycles. The molecule has 0 saturated heterocycles. The second-order valence-electron chi connectivity index (χ2n) is 5.22. The van der Waals surface area contributed by atoms with E-state index in [1.54, 1.807) is 12.1 Å². The average molecular weight is 260 g/mol. The van der Waals surface area contributed by atoms with Gasteiger partial charge in [0.2, 0.25) is 0 Å². The van der Waals surface area contributed by atoms with Crippen LogP contribution in [0, 0.1) is 5.92 Å². The van der Waals surface area contributed by atoms with E-state index in [-0.39, 0.29) is 0 Å². The minimum absolute atomic E-state index is 0.295. The Morgan fingerprint density at radius 1 is 1.42 bits per heavy atom. The quantitative estimate of drug-likeness (QED) is 0.897. The molecular weight excluding hydrogens is 240 g/mol. The van der Waals surface area contributed by atoms with Crippen LogP contribution >= 0.6 is 0 Å². The minimum Gasteiger partial charge on any atom is -0.478 e. The number of carboxylic acids is 1. The maximum Gasteiger partial charge on any atom is 0.335 e. The number of carboxylic acid groups (broad SMARTS) is 1. The normalized spacial score (nSPS) is 11.4. The van der Waals surface area contributed by atoms with Gasteiger partial charge in [-0.1, -0.05) is 20.8 Å². The molecule has 2 aromatic rings. The van der Waals surface area contributed by atoms with Crippen LogP contribution in [-0.2, 0) is 13.0 Å². The maximum absolute atomic E-state index is 11.0. The highest BCUT2D eigenvalue weighted by atomic mass is 16.4.